The van der Waals surface area contributed by atoms with Gasteiger partial charge in [0.05, 0.1) is 0 Å². The summed E-state index contributed by atoms with van der Waals surface area (Å²) in [5.41, 5.74) is 5.95. The van der Waals surface area contributed by atoms with Crippen LogP contribution in [0.4, 0.5) is 5.69 Å². The summed E-state index contributed by atoms with van der Waals surface area (Å²) >= 11 is 3.56. The van der Waals surface area contributed by atoms with E-state index in [0.29, 0.717) is 17.1 Å². The molecule has 0 unspecified atom stereocenters. The van der Waals surface area contributed by atoms with Crippen LogP contribution in [0.2, 0.25) is 0 Å². The monoisotopic (exact) mass is 470 g/mol. The Bertz CT molecular complexity index is 1470. The van der Waals surface area contributed by atoms with E-state index in [2.05, 4.69) is 32.3 Å². The lowest BCUT2D eigenvalue weighted by atomic mass is 10.0. The number of nitrogens with one attached hydrogen (secondary N) is 1. The van der Waals surface area contributed by atoms with Crippen LogP contribution in [-0.4, -0.2) is 10.9 Å². The van der Waals surface area contributed by atoms with Crippen LogP contribution in [0.5, 0.6) is 0 Å². The van der Waals surface area contributed by atoms with Gasteiger partial charge >= 0.3 is 0 Å². The number of oxazole rings is 1. The van der Waals surface area contributed by atoms with E-state index in [1.807, 2.05) is 80.6 Å². The van der Waals surface area contributed by atoms with Crippen molar-refractivity contribution in [3.8, 4) is 11.5 Å². The van der Waals surface area contributed by atoms with Crippen molar-refractivity contribution >= 4 is 49.4 Å². The Balaban J connectivity index is 1.48. The summed E-state index contributed by atoms with van der Waals surface area (Å²) in [6.07, 6.45) is 0. The van der Waals surface area contributed by atoms with Gasteiger partial charge in [-0.25, -0.2) is 4.98 Å². The molecule has 1 heterocycles. The molecule has 0 aliphatic carbocycles. The molecular formula is C26H19BrN2O2. The Morgan fingerprint density at radius 1 is 0.935 bits per heavy atom. The first-order chi connectivity index (χ1) is 15.0. The van der Waals surface area contributed by atoms with Crippen LogP contribution in [0.25, 0.3) is 33.3 Å². The van der Waals surface area contributed by atoms with E-state index in [1.165, 1.54) is 0 Å². The third kappa shape index (κ3) is 3.62. The van der Waals surface area contributed by atoms with E-state index < -0.39 is 0 Å². The van der Waals surface area contributed by atoms with E-state index in [0.717, 1.165) is 43.0 Å². The summed E-state index contributed by atoms with van der Waals surface area (Å²) in [6, 6.07) is 23.2. The van der Waals surface area contributed by atoms with Gasteiger partial charge in [0.25, 0.3) is 5.91 Å². The number of nitrogens with zero attached hydrogens (tertiary/aromatic N) is 1. The minimum absolute atomic E-state index is 0.162. The molecule has 0 spiro atoms. The van der Waals surface area contributed by atoms with Gasteiger partial charge in [-0.05, 0) is 72.1 Å². The van der Waals surface area contributed by atoms with Crippen molar-refractivity contribution in [2.45, 2.75) is 13.8 Å². The zero-order chi connectivity index (χ0) is 21.5. The summed E-state index contributed by atoms with van der Waals surface area (Å²) in [6.45, 7) is 4.06. The number of hydrogen-bond donors (Lipinski definition) is 1. The van der Waals surface area contributed by atoms with Gasteiger partial charge in [0, 0.05) is 21.3 Å². The largest absolute Gasteiger partial charge is 0.436 e. The summed E-state index contributed by atoms with van der Waals surface area (Å²) in [5.74, 6) is 0.374. The van der Waals surface area contributed by atoms with Gasteiger partial charge in [0.2, 0.25) is 5.89 Å². The molecule has 0 radical (unpaired) electrons. The second-order valence-electron chi connectivity index (χ2n) is 7.62. The molecule has 1 N–H and O–H groups in total. The number of carbonyl (C=O) groups excluding carboxylic acids is 1. The molecule has 0 saturated heterocycles. The van der Waals surface area contributed by atoms with E-state index in [1.54, 1.807) is 0 Å². The molecule has 0 aliphatic rings. The summed E-state index contributed by atoms with van der Waals surface area (Å²) in [7, 11) is 0. The molecule has 5 rings (SSSR count). The summed E-state index contributed by atoms with van der Waals surface area (Å²) in [5, 5.41) is 4.91. The number of anilines is 1. The molecule has 0 fully saturated rings. The van der Waals surface area contributed by atoms with Crippen molar-refractivity contribution in [2.75, 3.05) is 5.32 Å². The van der Waals surface area contributed by atoms with Gasteiger partial charge in [0.15, 0.2) is 5.58 Å². The quantitative estimate of drug-likeness (QED) is 0.301. The van der Waals surface area contributed by atoms with Crippen molar-refractivity contribution in [3.05, 3.63) is 94.0 Å². The Labute approximate surface area is 188 Å². The highest BCUT2D eigenvalue weighted by Gasteiger charge is 2.14. The van der Waals surface area contributed by atoms with Crippen molar-refractivity contribution in [3.63, 3.8) is 0 Å². The smallest absolute Gasteiger partial charge is 0.256 e. The lowest BCUT2D eigenvalue weighted by Gasteiger charge is -2.09. The van der Waals surface area contributed by atoms with Crippen LogP contribution in [0, 0.1) is 13.8 Å². The van der Waals surface area contributed by atoms with Crippen molar-refractivity contribution in [2.24, 2.45) is 0 Å². The number of hydrogen-bond acceptors (Lipinski definition) is 3. The minimum atomic E-state index is -0.162. The van der Waals surface area contributed by atoms with E-state index in [9.17, 15) is 4.79 Å². The van der Waals surface area contributed by atoms with Crippen molar-refractivity contribution in [1.29, 1.82) is 0 Å². The van der Waals surface area contributed by atoms with Crippen LogP contribution in [0.15, 0.2) is 81.7 Å². The molecule has 4 nitrogen and oxygen atoms in total. The predicted octanol–water partition coefficient (Wildman–Crippen LogP) is 7.28. The average Bonchev–Trinajstić information content (AvgIpc) is 3.18. The lowest BCUT2D eigenvalue weighted by molar-refractivity contribution is 0.102. The molecule has 5 aromatic rings. The molecule has 1 amide bonds. The maximum Gasteiger partial charge on any atom is 0.256 e. The third-order valence-electron chi connectivity index (χ3n) is 5.30. The first kappa shape index (κ1) is 19.5. The fraction of sp³-hybridized carbons (Fsp3) is 0.0769. The average molecular weight is 471 g/mol. The SMILES string of the molecule is Cc1cc(C)c2oc(-c3cccc(NC(=O)c4cccc5c(Br)cccc45)c3)nc2c1. The van der Waals surface area contributed by atoms with Gasteiger partial charge in [-0.2, -0.15) is 0 Å². The van der Waals surface area contributed by atoms with E-state index in [4.69, 9.17) is 4.42 Å². The molecule has 31 heavy (non-hydrogen) atoms. The highest BCUT2D eigenvalue weighted by Crippen LogP contribution is 2.30. The predicted molar refractivity (Wildman–Crippen MR) is 129 cm³/mol. The standard InChI is InChI=1S/C26H19BrN2O2/c1-15-12-16(2)24-23(13-15)29-26(31-24)17-6-3-7-18(14-17)28-25(30)21-10-4-9-20-19(21)8-5-11-22(20)27/h3-14H,1-2H3,(H,28,30). The second-order valence-corrected chi connectivity index (χ2v) is 8.48. The molecular weight excluding hydrogens is 452 g/mol. The van der Waals surface area contributed by atoms with Crippen LogP contribution in [0.3, 0.4) is 0 Å². The number of halogens is 1. The Morgan fingerprint density at radius 3 is 2.58 bits per heavy atom. The van der Waals surface area contributed by atoms with Crippen LogP contribution >= 0.6 is 15.9 Å². The lowest BCUT2D eigenvalue weighted by Crippen LogP contribution is -2.12. The topological polar surface area (TPSA) is 55.1 Å². The molecule has 5 heteroatoms. The second kappa shape index (κ2) is 7.67. The first-order valence-corrected chi connectivity index (χ1v) is 10.8. The van der Waals surface area contributed by atoms with Crippen molar-refractivity contribution < 1.29 is 9.21 Å². The van der Waals surface area contributed by atoms with Crippen LogP contribution in [0.1, 0.15) is 21.5 Å². The number of aryl methyl sites for hydroxylation is 2. The molecule has 0 bridgehead atoms. The zero-order valence-corrected chi connectivity index (χ0v) is 18.7. The fourth-order valence-electron chi connectivity index (χ4n) is 3.90. The molecule has 0 atom stereocenters. The molecule has 4 aromatic carbocycles. The summed E-state index contributed by atoms with van der Waals surface area (Å²) < 4.78 is 6.99. The maximum absolute atomic E-state index is 13.0. The molecule has 0 saturated carbocycles. The zero-order valence-electron chi connectivity index (χ0n) is 17.1. The number of amides is 1. The van der Waals surface area contributed by atoms with Crippen molar-refractivity contribution in [1.82, 2.24) is 4.98 Å². The van der Waals surface area contributed by atoms with Gasteiger partial charge in [-0.3, -0.25) is 4.79 Å². The van der Waals surface area contributed by atoms with Gasteiger partial charge in [0.1, 0.15) is 5.52 Å². The Morgan fingerprint density at radius 2 is 1.71 bits per heavy atom. The van der Waals surface area contributed by atoms with E-state index >= 15 is 0 Å². The van der Waals surface area contributed by atoms with Gasteiger partial charge < -0.3 is 9.73 Å². The highest BCUT2D eigenvalue weighted by molar-refractivity contribution is 9.10. The number of fused-ring (bicyclic) bond motifs is 2. The highest BCUT2D eigenvalue weighted by atomic mass is 79.9. The maximum atomic E-state index is 13.0. The Kier molecular flexibility index (Phi) is 4.83. The Hall–Kier alpha value is -3.44. The van der Waals surface area contributed by atoms with E-state index in [-0.39, 0.29) is 5.91 Å². The van der Waals surface area contributed by atoms with Crippen LogP contribution < -0.4 is 5.32 Å². The number of benzene rings is 4. The first-order valence-electron chi connectivity index (χ1n) is 9.96. The third-order valence-corrected chi connectivity index (χ3v) is 5.99. The number of aromatic nitrogens is 1. The van der Waals surface area contributed by atoms with Crippen LogP contribution in [-0.2, 0) is 0 Å². The normalized spacial score (nSPS) is 11.2. The van der Waals surface area contributed by atoms with Gasteiger partial charge in [-0.1, -0.05) is 52.3 Å². The number of carbonyl (C=O) groups is 1. The molecule has 0 aliphatic heterocycles. The summed E-state index contributed by atoms with van der Waals surface area (Å²) in [4.78, 5) is 17.7. The number of rotatable bonds is 3. The fourth-order valence-corrected chi connectivity index (χ4v) is 4.40. The molecule has 1 aromatic heterocycles. The minimum Gasteiger partial charge on any atom is -0.436 e. The molecule has 152 valence electrons. The van der Waals surface area contributed by atoms with Gasteiger partial charge in [-0.15, -0.1) is 0 Å².